The van der Waals surface area contributed by atoms with E-state index < -0.39 is 16.9 Å². The number of nitrogens with two attached hydrogens (primary N) is 1. The Morgan fingerprint density at radius 1 is 1.47 bits per heavy atom. The number of nitro benzene ring substituents is 1. The fraction of sp³-hybridized carbons (Fsp3) is 0.300. The first-order valence-electron chi connectivity index (χ1n) is 4.73. The molecule has 1 atom stereocenters. The standard InChI is InChI=1S/C10H12N2O5/c1-4-5(2)9(13)6(8(11)10(14)15)3-7(4)12(16)17/h3,8,13H,11H2,1-2H3,(H,14,15)/t8-/m0/s1. The average molecular weight is 240 g/mol. The molecule has 0 heterocycles. The maximum atomic E-state index is 10.8. The van der Waals surface area contributed by atoms with Crippen molar-refractivity contribution in [3.05, 3.63) is 32.9 Å². The number of carbonyl (C=O) groups is 1. The summed E-state index contributed by atoms with van der Waals surface area (Å²) in [6, 6.07) is -0.496. The van der Waals surface area contributed by atoms with Crippen molar-refractivity contribution < 1.29 is 19.9 Å². The molecule has 0 radical (unpaired) electrons. The van der Waals surface area contributed by atoms with E-state index in [9.17, 15) is 20.0 Å². The number of rotatable bonds is 3. The highest BCUT2D eigenvalue weighted by molar-refractivity contribution is 5.77. The summed E-state index contributed by atoms with van der Waals surface area (Å²) in [5, 5.41) is 29.2. The van der Waals surface area contributed by atoms with Crippen LogP contribution in [0.2, 0.25) is 0 Å². The van der Waals surface area contributed by atoms with Gasteiger partial charge in [-0.3, -0.25) is 14.9 Å². The zero-order chi connectivity index (χ0) is 13.3. The number of carboxylic acid groups (broad SMARTS) is 1. The number of phenols is 1. The van der Waals surface area contributed by atoms with Gasteiger partial charge in [-0.05, 0) is 13.8 Å². The van der Waals surface area contributed by atoms with Crippen molar-refractivity contribution in [1.82, 2.24) is 0 Å². The predicted molar refractivity (Wildman–Crippen MR) is 58.8 cm³/mol. The van der Waals surface area contributed by atoms with Gasteiger partial charge < -0.3 is 15.9 Å². The Labute approximate surface area is 96.6 Å². The van der Waals surface area contributed by atoms with Gasteiger partial charge in [0, 0.05) is 22.8 Å². The Hall–Kier alpha value is -2.15. The molecule has 1 rings (SSSR count). The minimum Gasteiger partial charge on any atom is -0.507 e. The number of nitrogens with zero attached hydrogens (tertiary/aromatic N) is 1. The molecule has 1 aromatic carbocycles. The number of benzene rings is 1. The Bertz CT molecular complexity index is 498. The number of carboxylic acids is 1. The number of aromatic hydroxyl groups is 1. The van der Waals surface area contributed by atoms with E-state index in [1.54, 1.807) is 0 Å². The number of hydrogen-bond donors (Lipinski definition) is 3. The van der Waals surface area contributed by atoms with Crippen LogP contribution in [0.15, 0.2) is 6.07 Å². The number of aliphatic carboxylic acids is 1. The first-order valence-corrected chi connectivity index (χ1v) is 4.73. The van der Waals surface area contributed by atoms with Crippen LogP contribution in [-0.2, 0) is 4.79 Å². The van der Waals surface area contributed by atoms with E-state index in [2.05, 4.69) is 0 Å². The minimum atomic E-state index is -1.49. The molecule has 17 heavy (non-hydrogen) atoms. The lowest BCUT2D eigenvalue weighted by Crippen LogP contribution is -2.21. The molecule has 7 nitrogen and oxygen atoms in total. The highest BCUT2D eigenvalue weighted by atomic mass is 16.6. The Kier molecular flexibility index (Phi) is 3.33. The van der Waals surface area contributed by atoms with Crippen molar-refractivity contribution in [3.8, 4) is 5.75 Å². The van der Waals surface area contributed by atoms with Gasteiger partial charge in [0.2, 0.25) is 0 Å². The van der Waals surface area contributed by atoms with Crippen LogP contribution in [0.25, 0.3) is 0 Å². The molecule has 0 amide bonds. The van der Waals surface area contributed by atoms with Gasteiger partial charge in [0.05, 0.1) is 4.92 Å². The quantitative estimate of drug-likeness (QED) is 0.534. The molecule has 0 aromatic heterocycles. The molecule has 0 saturated heterocycles. The molecule has 0 fully saturated rings. The summed E-state index contributed by atoms with van der Waals surface area (Å²) in [4.78, 5) is 20.8. The molecule has 0 bridgehead atoms. The SMILES string of the molecule is Cc1c([N+](=O)[O-])cc([C@H](N)C(=O)O)c(O)c1C. The second-order valence-corrected chi connectivity index (χ2v) is 3.66. The number of hydrogen-bond acceptors (Lipinski definition) is 5. The van der Waals surface area contributed by atoms with Crippen molar-refractivity contribution in [2.24, 2.45) is 5.73 Å². The van der Waals surface area contributed by atoms with E-state index in [1.807, 2.05) is 0 Å². The molecule has 0 unspecified atom stereocenters. The molecule has 0 saturated carbocycles. The van der Waals surface area contributed by atoms with Crippen molar-refractivity contribution >= 4 is 11.7 Å². The van der Waals surface area contributed by atoms with E-state index in [1.165, 1.54) is 13.8 Å². The van der Waals surface area contributed by atoms with Crippen LogP contribution in [0.5, 0.6) is 5.75 Å². The molecule has 0 aliphatic rings. The lowest BCUT2D eigenvalue weighted by molar-refractivity contribution is -0.385. The van der Waals surface area contributed by atoms with Crippen molar-refractivity contribution in [2.75, 3.05) is 0 Å². The second kappa shape index (κ2) is 4.38. The fourth-order valence-electron chi connectivity index (χ4n) is 1.47. The van der Waals surface area contributed by atoms with E-state index in [4.69, 9.17) is 10.8 Å². The number of nitro groups is 1. The Balaban J connectivity index is 3.52. The minimum absolute atomic E-state index is 0.160. The topological polar surface area (TPSA) is 127 Å². The normalized spacial score (nSPS) is 12.2. The van der Waals surface area contributed by atoms with Crippen LogP contribution in [-0.4, -0.2) is 21.1 Å². The maximum Gasteiger partial charge on any atom is 0.325 e. The lowest BCUT2D eigenvalue weighted by atomic mass is 9.98. The summed E-state index contributed by atoms with van der Waals surface area (Å²) in [5.41, 5.74) is 5.47. The molecule has 4 N–H and O–H groups in total. The lowest BCUT2D eigenvalue weighted by Gasteiger charge is -2.13. The van der Waals surface area contributed by atoms with Crippen LogP contribution >= 0.6 is 0 Å². The van der Waals surface area contributed by atoms with Gasteiger partial charge in [-0.15, -0.1) is 0 Å². The second-order valence-electron chi connectivity index (χ2n) is 3.66. The van der Waals surface area contributed by atoms with E-state index in [-0.39, 0.29) is 28.1 Å². The molecule has 0 spiro atoms. The smallest absolute Gasteiger partial charge is 0.325 e. The number of phenolic OH excluding ortho intramolecular Hbond substituents is 1. The van der Waals surface area contributed by atoms with E-state index in [0.717, 1.165) is 6.07 Å². The largest absolute Gasteiger partial charge is 0.507 e. The molecule has 92 valence electrons. The van der Waals surface area contributed by atoms with Crippen molar-refractivity contribution in [2.45, 2.75) is 19.9 Å². The molecule has 0 aliphatic carbocycles. The molecular weight excluding hydrogens is 228 g/mol. The third-order valence-corrected chi connectivity index (χ3v) is 2.67. The summed E-state index contributed by atoms with van der Waals surface area (Å²) >= 11 is 0. The summed E-state index contributed by atoms with van der Waals surface area (Å²) in [6.07, 6.45) is 0. The highest BCUT2D eigenvalue weighted by Crippen LogP contribution is 2.35. The van der Waals surface area contributed by atoms with Crippen LogP contribution < -0.4 is 5.73 Å². The van der Waals surface area contributed by atoms with Gasteiger partial charge in [-0.25, -0.2) is 0 Å². The summed E-state index contributed by atoms with van der Waals surface area (Å²) in [5.74, 6) is -1.68. The Morgan fingerprint density at radius 3 is 2.41 bits per heavy atom. The van der Waals surface area contributed by atoms with Crippen molar-refractivity contribution in [1.29, 1.82) is 0 Å². The summed E-state index contributed by atoms with van der Waals surface area (Å²) in [6.45, 7) is 2.94. The fourth-order valence-corrected chi connectivity index (χ4v) is 1.47. The van der Waals surface area contributed by atoms with Gasteiger partial charge in [0.15, 0.2) is 0 Å². The van der Waals surface area contributed by atoms with E-state index >= 15 is 0 Å². The zero-order valence-electron chi connectivity index (χ0n) is 9.30. The van der Waals surface area contributed by atoms with Crippen LogP contribution in [0, 0.1) is 24.0 Å². The predicted octanol–water partition coefficient (Wildman–Crippen LogP) is 1.00. The van der Waals surface area contributed by atoms with Gasteiger partial charge >= 0.3 is 5.97 Å². The third kappa shape index (κ3) is 2.18. The molecule has 7 heteroatoms. The Morgan fingerprint density at radius 2 is 2.00 bits per heavy atom. The maximum absolute atomic E-state index is 10.8. The van der Waals surface area contributed by atoms with Crippen LogP contribution in [0.3, 0.4) is 0 Å². The van der Waals surface area contributed by atoms with Gasteiger partial charge in [0.1, 0.15) is 11.8 Å². The van der Waals surface area contributed by atoms with Crippen LogP contribution in [0.1, 0.15) is 22.7 Å². The van der Waals surface area contributed by atoms with Gasteiger partial charge in [-0.2, -0.15) is 0 Å². The molecule has 1 aromatic rings. The molecular formula is C10H12N2O5. The van der Waals surface area contributed by atoms with Gasteiger partial charge in [0.25, 0.3) is 5.69 Å². The average Bonchev–Trinajstić information content (AvgIpc) is 2.24. The first kappa shape index (κ1) is 12.9. The highest BCUT2D eigenvalue weighted by Gasteiger charge is 2.25. The van der Waals surface area contributed by atoms with Gasteiger partial charge in [-0.1, -0.05) is 0 Å². The third-order valence-electron chi connectivity index (χ3n) is 2.67. The molecule has 0 aliphatic heterocycles. The monoisotopic (exact) mass is 240 g/mol. The summed E-state index contributed by atoms with van der Waals surface area (Å²) in [7, 11) is 0. The van der Waals surface area contributed by atoms with Crippen molar-refractivity contribution in [3.63, 3.8) is 0 Å². The summed E-state index contributed by atoms with van der Waals surface area (Å²) < 4.78 is 0. The first-order chi connectivity index (χ1) is 7.77. The van der Waals surface area contributed by atoms with E-state index in [0.29, 0.717) is 0 Å². The zero-order valence-corrected chi connectivity index (χ0v) is 9.30. The van der Waals surface area contributed by atoms with Crippen LogP contribution in [0.4, 0.5) is 5.69 Å².